The standard InChI is InChI=1S/C44H80O9/c1-3-5-7-9-11-13-15-16-17-18-19-20-21-22-24-26-28-30-32-34-50-36-38(37-51-44-43(49)42(48)41(47)39(35-45)53-44)52-40(46)33-31-29-27-25-23-14-12-10-8-6-4-2/h10,12-13,15,17-18,38-39,41-45,47-49H,3-9,11,14,16,19-37H2,1-2H3/b12-10-,15-13-,18-17-. The summed E-state index contributed by atoms with van der Waals surface area (Å²) >= 11 is 0. The molecule has 0 radical (unpaired) electrons. The molecule has 0 aromatic rings. The minimum Gasteiger partial charge on any atom is -0.457 e. The summed E-state index contributed by atoms with van der Waals surface area (Å²) in [7, 11) is 0. The number of unbranched alkanes of at least 4 members (excludes halogenated alkanes) is 19. The largest absolute Gasteiger partial charge is 0.457 e. The van der Waals surface area contributed by atoms with Crippen LogP contribution in [0.2, 0.25) is 0 Å². The Bertz CT molecular complexity index is 905. The van der Waals surface area contributed by atoms with E-state index in [1.165, 1.54) is 89.9 Å². The molecule has 0 saturated carbocycles. The van der Waals surface area contributed by atoms with Gasteiger partial charge in [0.05, 0.1) is 19.8 Å². The predicted molar refractivity (Wildman–Crippen MR) is 215 cm³/mol. The summed E-state index contributed by atoms with van der Waals surface area (Å²) in [5, 5.41) is 40.0. The molecule has 0 bridgehead atoms. The summed E-state index contributed by atoms with van der Waals surface area (Å²) in [4.78, 5) is 12.7. The number of allylic oxidation sites excluding steroid dienone is 6. The normalized spacial score (nSPS) is 21.4. The molecule has 9 heteroatoms. The molecule has 310 valence electrons. The lowest BCUT2D eigenvalue weighted by atomic mass is 9.99. The highest BCUT2D eigenvalue weighted by atomic mass is 16.7. The summed E-state index contributed by atoms with van der Waals surface area (Å²) in [6.07, 6.45) is 34.6. The number of rotatable bonds is 36. The Morgan fingerprint density at radius 2 is 1.11 bits per heavy atom. The zero-order valence-corrected chi connectivity index (χ0v) is 33.8. The third-order valence-electron chi connectivity index (χ3n) is 9.78. The van der Waals surface area contributed by atoms with Gasteiger partial charge in [0, 0.05) is 13.0 Å². The van der Waals surface area contributed by atoms with Crippen LogP contribution in [0, 0.1) is 0 Å². The number of ether oxygens (including phenoxy) is 4. The topological polar surface area (TPSA) is 135 Å². The lowest BCUT2D eigenvalue weighted by molar-refractivity contribution is -0.305. The molecule has 1 aliphatic rings. The van der Waals surface area contributed by atoms with Gasteiger partial charge < -0.3 is 39.4 Å². The molecule has 0 spiro atoms. The third-order valence-corrected chi connectivity index (χ3v) is 9.78. The molecule has 1 aliphatic heterocycles. The molecule has 4 N–H and O–H groups in total. The first-order valence-electron chi connectivity index (χ1n) is 21.6. The lowest BCUT2D eigenvalue weighted by Crippen LogP contribution is -2.59. The van der Waals surface area contributed by atoms with E-state index in [9.17, 15) is 25.2 Å². The first kappa shape index (κ1) is 49.4. The molecule has 6 unspecified atom stereocenters. The Labute approximate surface area is 323 Å². The second kappa shape index (κ2) is 36.1. The van der Waals surface area contributed by atoms with Crippen LogP contribution in [0.1, 0.15) is 174 Å². The minimum atomic E-state index is -1.54. The third kappa shape index (κ3) is 27.6. The molecule has 53 heavy (non-hydrogen) atoms. The van der Waals surface area contributed by atoms with Gasteiger partial charge in [-0.15, -0.1) is 0 Å². The molecular formula is C44H80O9. The van der Waals surface area contributed by atoms with Crippen molar-refractivity contribution in [2.24, 2.45) is 0 Å². The van der Waals surface area contributed by atoms with Crippen LogP contribution in [0.4, 0.5) is 0 Å². The average Bonchev–Trinajstić information content (AvgIpc) is 3.16. The van der Waals surface area contributed by atoms with Crippen LogP contribution in [0.15, 0.2) is 36.5 Å². The molecule has 0 aliphatic carbocycles. The van der Waals surface area contributed by atoms with E-state index in [1.807, 2.05) is 0 Å². The number of carbonyl (C=O) groups is 1. The fourth-order valence-electron chi connectivity index (χ4n) is 6.33. The molecule has 1 heterocycles. The van der Waals surface area contributed by atoms with Crippen molar-refractivity contribution < 1.29 is 44.2 Å². The number of hydrogen-bond donors (Lipinski definition) is 4. The summed E-state index contributed by atoms with van der Waals surface area (Å²) in [5.74, 6) is -0.327. The molecule has 9 nitrogen and oxygen atoms in total. The average molecular weight is 753 g/mol. The van der Waals surface area contributed by atoms with Crippen LogP contribution in [-0.4, -0.2) is 89.6 Å². The van der Waals surface area contributed by atoms with Crippen molar-refractivity contribution in [2.75, 3.05) is 26.4 Å². The first-order valence-corrected chi connectivity index (χ1v) is 21.6. The fraction of sp³-hybridized carbons (Fsp3) is 0.841. The summed E-state index contributed by atoms with van der Waals surface area (Å²) in [6, 6.07) is 0. The summed E-state index contributed by atoms with van der Waals surface area (Å²) in [6.45, 7) is 4.48. The van der Waals surface area contributed by atoms with Gasteiger partial charge in [0.15, 0.2) is 6.29 Å². The molecule has 0 aromatic carbocycles. The van der Waals surface area contributed by atoms with E-state index in [2.05, 4.69) is 50.3 Å². The maximum absolute atomic E-state index is 12.7. The summed E-state index contributed by atoms with van der Waals surface area (Å²) in [5.41, 5.74) is 0. The number of esters is 1. The van der Waals surface area contributed by atoms with Gasteiger partial charge in [-0.2, -0.15) is 0 Å². The van der Waals surface area contributed by atoms with Crippen molar-refractivity contribution in [1.29, 1.82) is 0 Å². The molecule has 6 atom stereocenters. The van der Waals surface area contributed by atoms with Crippen LogP contribution >= 0.6 is 0 Å². The van der Waals surface area contributed by atoms with Gasteiger partial charge in [0.2, 0.25) is 0 Å². The lowest BCUT2D eigenvalue weighted by Gasteiger charge is -2.39. The van der Waals surface area contributed by atoms with E-state index in [0.29, 0.717) is 13.0 Å². The SMILES string of the molecule is CCCC/C=C\CCCCCCCC(=O)OC(COCCCCCCCCCC/C=C\C/C=C\CCCCCC)COC1OC(CO)C(O)C(O)C1O. The number of aliphatic hydroxyl groups is 4. The summed E-state index contributed by atoms with van der Waals surface area (Å²) < 4.78 is 22.7. The molecule has 0 amide bonds. The van der Waals surface area contributed by atoms with E-state index >= 15 is 0 Å². The second-order valence-corrected chi connectivity index (χ2v) is 14.8. The molecule has 1 saturated heterocycles. The van der Waals surface area contributed by atoms with Gasteiger partial charge in [0.1, 0.15) is 30.5 Å². The second-order valence-electron chi connectivity index (χ2n) is 14.8. The Morgan fingerprint density at radius 1 is 0.604 bits per heavy atom. The Hall–Kier alpha value is -1.59. The predicted octanol–water partition coefficient (Wildman–Crippen LogP) is 9.19. The maximum atomic E-state index is 12.7. The fourth-order valence-corrected chi connectivity index (χ4v) is 6.33. The molecule has 1 fully saturated rings. The monoisotopic (exact) mass is 753 g/mol. The van der Waals surface area contributed by atoms with Crippen molar-refractivity contribution >= 4 is 5.97 Å². The van der Waals surface area contributed by atoms with Gasteiger partial charge in [-0.25, -0.2) is 0 Å². The van der Waals surface area contributed by atoms with Crippen LogP contribution < -0.4 is 0 Å². The zero-order valence-electron chi connectivity index (χ0n) is 33.8. The van der Waals surface area contributed by atoms with Crippen LogP contribution in [0.5, 0.6) is 0 Å². The van der Waals surface area contributed by atoms with Crippen LogP contribution in [-0.2, 0) is 23.7 Å². The highest BCUT2D eigenvalue weighted by Crippen LogP contribution is 2.22. The molecule has 1 rings (SSSR count). The van der Waals surface area contributed by atoms with E-state index < -0.39 is 43.4 Å². The maximum Gasteiger partial charge on any atom is 0.306 e. The van der Waals surface area contributed by atoms with Crippen molar-refractivity contribution in [1.82, 2.24) is 0 Å². The van der Waals surface area contributed by atoms with Crippen molar-refractivity contribution in [2.45, 2.75) is 211 Å². The number of hydrogen-bond acceptors (Lipinski definition) is 9. The smallest absolute Gasteiger partial charge is 0.306 e. The van der Waals surface area contributed by atoms with Crippen LogP contribution in [0.3, 0.4) is 0 Å². The minimum absolute atomic E-state index is 0.119. The van der Waals surface area contributed by atoms with Crippen LogP contribution in [0.25, 0.3) is 0 Å². The van der Waals surface area contributed by atoms with Gasteiger partial charge in [0.25, 0.3) is 0 Å². The van der Waals surface area contributed by atoms with Gasteiger partial charge in [-0.3, -0.25) is 4.79 Å². The Balaban J connectivity index is 2.26. The Kier molecular flexibility index (Phi) is 33.6. The first-order chi connectivity index (χ1) is 25.9. The van der Waals surface area contributed by atoms with E-state index in [0.717, 1.165) is 64.2 Å². The quantitative estimate of drug-likeness (QED) is 0.0281. The molecular weight excluding hydrogens is 672 g/mol. The van der Waals surface area contributed by atoms with E-state index in [1.54, 1.807) is 0 Å². The van der Waals surface area contributed by atoms with Gasteiger partial charge >= 0.3 is 5.97 Å². The highest BCUT2D eigenvalue weighted by Gasteiger charge is 2.44. The zero-order chi connectivity index (χ0) is 38.6. The number of carbonyl (C=O) groups excluding carboxylic acids is 1. The van der Waals surface area contributed by atoms with Crippen molar-refractivity contribution in [3.63, 3.8) is 0 Å². The van der Waals surface area contributed by atoms with Crippen molar-refractivity contribution in [3.05, 3.63) is 36.5 Å². The van der Waals surface area contributed by atoms with Gasteiger partial charge in [-0.05, 0) is 64.2 Å². The Morgan fingerprint density at radius 3 is 1.70 bits per heavy atom. The van der Waals surface area contributed by atoms with E-state index in [-0.39, 0.29) is 19.2 Å². The number of aliphatic hydroxyl groups excluding tert-OH is 4. The van der Waals surface area contributed by atoms with Crippen molar-refractivity contribution in [3.8, 4) is 0 Å². The van der Waals surface area contributed by atoms with E-state index in [4.69, 9.17) is 18.9 Å². The highest BCUT2D eigenvalue weighted by molar-refractivity contribution is 5.69. The van der Waals surface area contributed by atoms with Gasteiger partial charge in [-0.1, -0.05) is 140 Å². The molecule has 0 aromatic heterocycles.